The zero-order valence-corrected chi connectivity index (χ0v) is 10.9. The summed E-state index contributed by atoms with van der Waals surface area (Å²) in [7, 11) is 0. The van der Waals surface area contributed by atoms with Gasteiger partial charge in [-0.1, -0.05) is 6.42 Å². The lowest BCUT2D eigenvalue weighted by atomic mass is 9.92. The van der Waals surface area contributed by atoms with Gasteiger partial charge in [0.2, 0.25) is 0 Å². The van der Waals surface area contributed by atoms with Gasteiger partial charge in [0.05, 0.1) is 0 Å². The molecule has 0 amide bonds. The summed E-state index contributed by atoms with van der Waals surface area (Å²) in [5.74, 6) is 0. The van der Waals surface area contributed by atoms with Gasteiger partial charge in [-0.25, -0.2) is 4.98 Å². The summed E-state index contributed by atoms with van der Waals surface area (Å²) in [4.78, 5) is 5.03. The molecule has 0 spiro atoms. The van der Waals surface area contributed by atoms with E-state index in [1.165, 1.54) is 42.3 Å². The monoisotopic (exact) mass is 243 g/mol. The second kappa shape index (κ2) is 4.19. The normalized spacial score (nSPS) is 15.4. The molecular weight excluding hydrogens is 226 g/mol. The van der Waals surface area contributed by atoms with Crippen LogP contribution < -0.4 is 4.85 Å². The highest BCUT2D eigenvalue weighted by molar-refractivity contribution is 5.81. The van der Waals surface area contributed by atoms with Crippen molar-refractivity contribution in [1.29, 1.82) is 0 Å². The van der Waals surface area contributed by atoms with Crippen molar-refractivity contribution >= 4 is 11.0 Å². The van der Waals surface area contributed by atoms with Crippen LogP contribution in [0.15, 0.2) is 6.33 Å². The van der Waals surface area contributed by atoms with E-state index in [2.05, 4.69) is 17.0 Å². The Labute approximate surface area is 106 Å². The number of hydrogen-bond acceptors (Lipinski definition) is 3. The molecule has 4 heteroatoms. The lowest BCUT2D eigenvalue weighted by Crippen LogP contribution is -2.33. The number of rotatable bonds is 0. The number of aryl methyl sites for hydroxylation is 2. The van der Waals surface area contributed by atoms with Crippen LogP contribution in [-0.4, -0.2) is 10.1 Å². The highest BCUT2D eigenvalue weighted by Crippen LogP contribution is 2.31. The van der Waals surface area contributed by atoms with Crippen molar-refractivity contribution in [2.75, 3.05) is 0 Å². The predicted octanol–water partition coefficient (Wildman–Crippen LogP) is 2.15. The van der Waals surface area contributed by atoms with Gasteiger partial charge in [-0.15, -0.1) is 0 Å². The first-order valence-electron chi connectivity index (χ1n) is 6.55. The van der Waals surface area contributed by atoms with E-state index in [1.54, 1.807) is 0 Å². The molecule has 0 bridgehead atoms. The van der Waals surface area contributed by atoms with E-state index >= 15 is 0 Å². The van der Waals surface area contributed by atoms with Gasteiger partial charge in [-0.3, -0.25) is 0 Å². The fraction of sp³-hybridized carbons (Fsp3) is 0.500. The average molecular weight is 243 g/mol. The van der Waals surface area contributed by atoms with E-state index < -0.39 is 0 Å². The van der Waals surface area contributed by atoms with E-state index in [4.69, 9.17) is 0 Å². The first kappa shape index (κ1) is 11.4. The minimum atomic E-state index is 0.649. The van der Waals surface area contributed by atoms with Crippen LogP contribution in [0.4, 0.5) is 0 Å². The van der Waals surface area contributed by atoms with Crippen LogP contribution in [0.1, 0.15) is 41.5 Å². The standard InChI is InChI=1S/C14H17N3O/c1-9-11-6-4-3-5-7-12(11)10(2)14-13(9)15-8-16-17(14)18/h8H,3-7H2,1-2H3. The summed E-state index contributed by atoms with van der Waals surface area (Å²) >= 11 is 0. The Morgan fingerprint density at radius 2 is 1.72 bits per heavy atom. The molecule has 1 aliphatic rings. The van der Waals surface area contributed by atoms with Gasteiger partial charge in [-0.05, 0) is 61.1 Å². The van der Waals surface area contributed by atoms with E-state index in [0.29, 0.717) is 5.52 Å². The highest BCUT2D eigenvalue weighted by atomic mass is 16.5. The number of aromatic nitrogens is 3. The zero-order chi connectivity index (χ0) is 12.7. The molecule has 0 atom stereocenters. The van der Waals surface area contributed by atoms with Gasteiger partial charge < -0.3 is 5.21 Å². The third kappa shape index (κ3) is 1.55. The second-order valence-electron chi connectivity index (χ2n) is 5.10. The van der Waals surface area contributed by atoms with Gasteiger partial charge in [0.25, 0.3) is 5.52 Å². The molecule has 1 aliphatic carbocycles. The van der Waals surface area contributed by atoms with Crippen LogP contribution in [0, 0.1) is 19.1 Å². The number of hydrogen-bond donors (Lipinski definition) is 0. The smallest absolute Gasteiger partial charge is 0.273 e. The third-order valence-electron chi connectivity index (χ3n) is 4.09. The maximum atomic E-state index is 11.9. The first-order chi connectivity index (χ1) is 8.70. The largest absolute Gasteiger partial charge is 0.594 e. The summed E-state index contributed by atoms with van der Waals surface area (Å²) in [5.41, 5.74) is 6.48. The molecule has 3 rings (SSSR count). The molecular formula is C14H17N3O. The van der Waals surface area contributed by atoms with Crippen LogP contribution >= 0.6 is 0 Å². The van der Waals surface area contributed by atoms with E-state index in [0.717, 1.165) is 28.8 Å². The first-order valence-corrected chi connectivity index (χ1v) is 6.55. The fourth-order valence-electron chi connectivity index (χ4n) is 3.13. The molecule has 0 radical (unpaired) electrons. The molecule has 94 valence electrons. The molecule has 1 aromatic heterocycles. The maximum absolute atomic E-state index is 11.9. The fourth-order valence-corrected chi connectivity index (χ4v) is 3.13. The molecule has 0 fully saturated rings. The predicted molar refractivity (Wildman–Crippen MR) is 69.2 cm³/mol. The molecule has 0 unspecified atom stereocenters. The Morgan fingerprint density at radius 1 is 1.06 bits per heavy atom. The van der Waals surface area contributed by atoms with Crippen molar-refractivity contribution in [1.82, 2.24) is 10.1 Å². The Morgan fingerprint density at radius 3 is 2.44 bits per heavy atom. The quantitative estimate of drug-likeness (QED) is 0.405. The van der Waals surface area contributed by atoms with Gasteiger partial charge in [0.15, 0.2) is 6.33 Å². The number of fused-ring (bicyclic) bond motifs is 2. The molecule has 0 aliphatic heterocycles. The van der Waals surface area contributed by atoms with Crippen molar-refractivity contribution in [3.63, 3.8) is 0 Å². The Bertz CT molecular complexity index is 622. The summed E-state index contributed by atoms with van der Waals surface area (Å²) in [6, 6.07) is 0. The van der Waals surface area contributed by atoms with Crippen LogP contribution in [0.3, 0.4) is 0 Å². The van der Waals surface area contributed by atoms with E-state index in [-0.39, 0.29) is 0 Å². The maximum Gasteiger partial charge on any atom is 0.273 e. The topological polar surface area (TPSA) is 52.7 Å². The highest BCUT2D eigenvalue weighted by Gasteiger charge is 2.22. The van der Waals surface area contributed by atoms with Crippen LogP contribution in [0.2, 0.25) is 0 Å². The van der Waals surface area contributed by atoms with Gasteiger partial charge in [-0.2, -0.15) is 0 Å². The summed E-state index contributed by atoms with van der Waals surface area (Å²) in [6.07, 6.45) is 7.26. The SMILES string of the molecule is Cc1c2c(c(C)c3c1ncn[n+]3[O-])CCCCC2. The second-order valence-corrected chi connectivity index (χ2v) is 5.10. The Kier molecular flexibility index (Phi) is 2.65. The van der Waals surface area contributed by atoms with Crippen molar-refractivity contribution < 1.29 is 4.85 Å². The van der Waals surface area contributed by atoms with Crippen molar-refractivity contribution in [3.05, 3.63) is 33.8 Å². The molecule has 0 saturated heterocycles. The molecule has 18 heavy (non-hydrogen) atoms. The summed E-state index contributed by atoms with van der Waals surface area (Å²) in [5, 5.41) is 15.6. The lowest BCUT2D eigenvalue weighted by Gasteiger charge is -2.14. The van der Waals surface area contributed by atoms with E-state index in [9.17, 15) is 5.21 Å². The van der Waals surface area contributed by atoms with Gasteiger partial charge in [0, 0.05) is 10.7 Å². The molecule has 2 aromatic rings. The lowest BCUT2D eigenvalue weighted by molar-refractivity contribution is -0.643. The van der Waals surface area contributed by atoms with Gasteiger partial charge >= 0.3 is 0 Å². The minimum absolute atomic E-state index is 0.649. The van der Waals surface area contributed by atoms with Crippen LogP contribution in [0.5, 0.6) is 0 Å². The Hall–Kier alpha value is -1.71. The van der Waals surface area contributed by atoms with Crippen molar-refractivity contribution in [2.24, 2.45) is 0 Å². The minimum Gasteiger partial charge on any atom is -0.594 e. The zero-order valence-electron chi connectivity index (χ0n) is 10.9. The van der Waals surface area contributed by atoms with Crippen molar-refractivity contribution in [2.45, 2.75) is 46.0 Å². The van der Waals surface area contributed by atoms with E-state index in [1.807, 2.05) is 6.92 Å². The van der Waals surface area contributed by atoms with Gasteiger partial charge in [0.1, 0.15) is 5.52 Å². The number of benzene rings is 1. The Balaban J connectivity index is 2.42. The molecule has 1 heterocycles. The number of nitrogens with zero attached hydrogens (tertiary/aromatic N) is 3. The van der Waals surface area contributed by atoms with Crippen molar-refractivity contribution in [3.8, 4) is 0 Å². The summed E-state index contributed by atoms with van der Waals surface area (Å²) < 4.78 is 0. The third-order valence-corrected chi connectivity index (χ3v) is 4.09. The molecule has 0 saturated carbocycles. The van der Waals surface area contributed by atoms with Crippen LogP contribution in [0.25, 0.3) is 11.0 Å². The molecule has 1 aromatic carbocycles. The average Bonchev–Trinajstić information content (AvgIpc) is 2.61. The molecule has 4 nitrogen and oxygen atoms in total. The van der Waals surface area contributed by atoms with Crippen LogP contribution in [-0.2, 0) is 12.8 Å². The molecule has 0 N–H and O–H groups in total. The summed E-state index contributed by atoms with van der Waals surface area (Å²) in [6.45, 7) is 4.11.